The summed E-state index contributed by atoms with van der Waals surface area (Å²) in [5.41, 5.74) is 7.61. The molecule has 0 aromatic heterocycles. The highest BCUT2D eigenvalue weighted by Gasteiger charge is 2.09. The minimum absolute atomic E-state index is 1.26. The summed E-state index contributed by atoms with van der Waals surface area (Å²) in [6.45, 7) is 4.27. The van der Waals surface area contributed by atoms with Crippen molar-refractivity contribution in [3.8, 4) is 22.3 Å². The van der Waals surface area contributed by atoms with Crippen molar-refractivity contribution in [1.29, 1.82) is 0 Å². The van der Waals surface area contributed by atoms with Gasteiger partial charge in [0.15, 0.2) is 0 Å². The number of rotatable bonds is 2. The monoisotopic (exact) mass is 508 g/mol. The molecule has 0 atom stereocenters. The van der Waals surface area contributed by atoms with E-state index in [1.165, 1.54) is 87.2 Å². The Morgan fingerprint density at radius 3 is 1.05 bits per heavy atom. The van der Waals surface area contributed by atoms with Crippen LogP contribution in [-0.2, 0) is 0 Å². The first-order chi connectivity index (χ1) is 19.6. The molecule has 0 saturated carbocycles. The van der Waals surface area contributed by atoms with Crippen LogP contribution in [-0.4, -0.2) is 0 Å². The molecule has 0 aliphatic heterocycles. The van der Waals surface area contributed by atoms with Gasteiger partial charge in [0, 0.05) is 0 Å². The molecule has 0 heterocycles. The molecular weight excluding hydrogens is 480 g/mol. The van der Waals surface area contributed by atoms with Crippen LogP contribution in [0, 0.1) is 13.8 Å². The average molecular weight is 509 g/mol. The SMILES string of the molecule is Cc1ccc(-c2ccc3cc4c(ccc5c6cc7ccc(-c8ccc(C)cc8)cc7cc6ccc45)cc3c2)cc1. The summed E-state index contributed by atoms with van der Waals surface area (Å²) in [4.78, 5) is 0. The Morgan fingerprint density at radius 2 is 0.625 bits per heavy atom. The summed E-state index contributed by atoms with van der Waals surface area (Å²) in [5, 5.41) is 12.9. The summed E-state index contributed by atoms with van der Waals surface area (Å²) < 4.78 is 0. The van der Waals surface area contributed by atoms with Gasteiger partial charge < -0.3 is 0 Å². The van der Waals surface area contributed by atoms with Gasteiger partial charge in [-0.3, -0.25) is 0 Å². The summed E-state index contributed by atoms with van der Waals surface area (Å²) in [7, 11) is 0. The van der Waals surface area contributed by atoms with Crippen LogP contribution in [0.5, 0.6) is 0 Å². The van der Waals surface area contributed by atoms with E-state index in [4.69, 9.17) is 0 Å². The third kappa shape index (κ3) is 3.76. The number of benzene rings is 8. The Hall–Kier alpha value is -4.94. The van der Waals surface area contributed by atoms with Crippen molar-refractivity contribution in [2.24, 2.45) is 0 Å². The van der Waals surface area contributed by atoms with Gasteiger partial charge in [-0.1, -0.05) is 108 Å². The first-order valence-corrected chi connectivity index (χ1v) is 14.0. The molecular formula is C40H28. The predicted molar refractivity (Wildman–Crippen MR) is 174 cm³/mol. The molecule has 0 bridgehead atoms. The molecule has 0 aliphatic rings. The molecule has 40 heavy (non-hydrogen) atoms. The summed E-state index contributed by atoms with van der Waals surface area (Å²) in [6, 6.07) is 49.9. The molecule has 0 N–H and O–H groups in total. The molecule has 0 unspecified atom stereocenters. The van der Waals surface area contributed by atoms with Crippen molar-refractivity contribution in [3.63, 3.8) is 0 Å². The van der Waals surface area contributed by atoms with Gasteiger partial charge in [-0.05, 0) is 126 Å². The second-order valence-corrected chi connectivity index (χ2v) is 11.2. The topological polar surface area (TPSA) is 0 Å². The molecule has 188 valence electrons. The van der Waals surface area contributed by atoms with Crippen LogP contribution in [0.15, 0.2) is 133 Å². The fourth-order valence-corrected chi connectivity index (χ4v) is 6.22. The fourth-order valence-electron chi connectivity index (χ4n) is 6.22. The van der Waals surface area contributed by atoms with E-state index in [1.807, 2.05) is 0 Å². The van der Waals surface area contributed by atoms with Gasteiger partial charge in [0.1, 0.15) is 0 Å². The number of hydrogen-bond donors (Lipinski definition) is 0. The minimum Gasteiger partial charge on any atom is -0.0587 e. The number of aryl methyl sites for hydroxylation is 2. The first kappa shape index (κ1) is 23.0. The van der Waals surface area contributed by atoms with Crippen molar-refractivity contribution in [2.45, 2.75) is 13.8 Å². The van der Waals surface area contributed by atoms with Crippen molar-refractivity contribution in [2.75, 3.05) is 0 Å². The molecule has 0 nitrogen and oxygen atoms in total. The van der Waals surface area contributed by atoms with E-state index < -0.39 is 0 Å². The van der Waals surface area contributed by atoms with E-state index in [1.54, 1.807) is 0 Å². The minimum atomic E-state index is 1.26. The maximum Gasteiger partial charge on any atom is -0.00987 e. The van der Waals surface area contributed by atoms with Gasteiger partial charge in [0.25, 0.3) is 0 Å². The van der Waals surface area contributed by atoms with Crippen molar-refractivity contribution < 1.29 is 0 Å². The second kappa shape index (κ2) is 8.79. The van der Waals surface area contributed by atoms with Crippen LogP contribution >= 0.6 is 0 Å². The zero-order valence-electron chi connectivity index (χ0n) is 22.7. The molecule has 0 fully saturated rings. The summed E-state index contributed by atoms with van der Waals surface area (Å²) in [6.07, 6.45) is 0. The largest absolute Gasteiger partial charge is 0.0587 e. The van der Waals surface area contributed by atoms with E-state index in [2.05, 4.69) is 147 Å². The third-order valence-corrected chi connectivity index (χ3v) is 8.52. The molecule has 8 rings (SSSR count). The van der Waals surface area contributed by atoms with Gasteiger partial charge in [0.2, 0.25) is 0 Å². The predicted octanol–water partition coefficient (Wildman–Crippen LogP) is 11.4. The Balaban J connectivity index is 1.27. The van der Waals surface area contributed by atoms with Crippen LogP contribution in [0.1, 0.15) is 11.1 Å². The van der Waals surface area contributed by atoms with E-state index in [0.29, 0.717) is 0 Å². The molecule has 8 aromatic rings. The van der Waals surface area contributed by atoms with Gasteiger partial charge in [-0.2, -0.15) is 0 Å². The molecule has 0 amide bonds. The summed E-state index contributed by atoms with van der Waals surface area (Å²) in [5.74, 6) is 0. The van der Waals surface area contributed by atoms with Crippen LogP contribution in [0.4, 0.5) is 0 Å². The highest BCUT2D eigenvalue weighted by Crippen LogP contribution is 2.37. The lowest BCUT2D eigenvalue weighted by Gasteiger charge is -2.12. The van der Waals surface area contributed by atoms with Gasteiger partial charge >= 0.3 is 0 Å². The Kier molecular flexibility index (Phi) is 5.06. The molecule has 8 aromatic carbocycles. The van der Waals surface area contributed by atoms with Crippen LogP contribution in [0.25, 0.3) is 76.1 Å². The van der Waals surface area contributed by atoms with Gasteiger partial charge in [-0.15, -0.1) is 0 Å². The molecule has 0 spiro atoms. The molecule has 0 heteroatoms. The quantitative estimate of drug-likeness (QED) is 0.161. The Bertz CT molecular complexity index is 2090. The standard InChI is InChI=1S/C40H28/c1-25-3-7-27(8-4-25)29-11-13-31-23-39-33(21-35(31)19-29)15-17-38-37(39)18-16-34-22-36-20-30(12-14-32(36)24-40(34)38)28-9-5-26(2)6-10-28/h3-24H,1-2H3. The maximum absolute atomic E-state index is 2.37. The lowest BCUT2D eigenvalue weighted by Crippen LogP contribution is -1.85. The van der Waals surface area contributed by atoms with Gasteiger partial charge in [0.05, 0.1) is 0 Å². The van der Waals surface area contributed by atoms with Crippen molar-refractivity contribution >= 4 is 53.9 Å². The number of fused-ring (bicyclic) bond motifs is 7. The van der Waals surface area contributed by atoms with E-state index >= 15 is 0 Å². The Labute approximate surface area is 234 Å². The van der Waals surface area contributed by atoms with Gasteiger partial charge in [-0.25, -0.2) is 0 Å². The molecule has 0 saturated heterocycles. The molecule has 0 radical (unpaired) electrons. The van der Waals surface area contributed by atoms with Crippen LogP contribution in [0.3, 0.4) is 0 Å². The average Bonchev–Trinajstić information content (AvgIpc) is 2.99. The fraction of sp³-hybridized carbons (Fsp3) is 0.0500. The smallest absolute Gasteiger partial charge is 0.00987 e. The maximum atomic E-state index is 2.37. The molecule has 0 aliphatic carbocycles. The van der Waals surface area contributed by atoms with E-state index in [-0.39, 0.29) is 0 Å². The lowest BCUT2D eigenvalue weighted by molar-refractivity contribution is 1.47. The summed E-state index contributed by atoms with van der Waals surface area (Å²) >= 11 is 0. The normalized spacial score (nSPS) is 11.8. The highest BCUT2D eigenvalue weighted by atomic mass is 14.1. The zero-order valence-corrected chi connectivity index (χ0v) is 22.7. The Morgan fingerprint density at radius 1 is 0.250 bits per heavy atom. The van der Waals surface area contributed by atoms with E-state index in [9.17, 15) is 0 Å². The first-order valence-electron chi connectivity index (χ1n) is 14.0. The van der Waals surface area contributed by atoms with Crippen molar-refractivity contribution in [3.05, 3.63) is 145 Å². The zero-order chi connectivity index (χ0) is 26.8. The number of hydrogen-bond acceptors (Lipinski definition) is 0. The van der Waals surface area contributed by atoms with Crippen molar-refractivity contribution in [1.82, 2.24) is 0 Å². The van der Waals surface area contributed by atoms with E-state index in [0.717, 1.165) is 0 Å². The third-order valence-electron chi connectivity index (χ3n) is 8.52. The van der Waals surface area contributed by atoms with Crippen LogP contribution < -0.4 is 0 Å². The highest BCUT2D eigenvalue weighted by molar-refractivity contribution is 6.21. The second-order valence-electron chi connectivity index (χ2n) is 11.2. The van der Waals surface area contributed by atoms with Crippen LogP contribution in [0.2, 0.25) is 0 Å². The lowest BCUT2D eigenvalue weighted by atomic mass is 9.92.